The van der Waals surface area contributed by atoms with Crippen molar-refractivity contribution in [1.29, 1.82) is 0 Å². The summed E-state index contributed by atoms with van der Waals surface area (Å²) in [6, 6.07) is 20.7. The summed E-state index contributed by atoms with van der Waals surface area (Å²) in [6.45, 7) is 0.602. The highest BCUT2D eigenvalue weighted by atomic mass is 32.2. The Balaban J connectivity index is 1.51. The van der Waals surface area contributed by atoms with Crippen molar-refractivity contribution in [2.75, 3.05) is 26.1 Å². The van der Waals surface area contributed by atoms with Gasteiger partial charge in [0.15, 0.2) is 0 Å². The van der Waals surface area contributed by atoms with Gasteiger partial charge in [0.25, 0.3) is 15.9 Å². The molecule has 0 fully saturated rings. The number of hydrogen-bond acceptors (Lipinski definition) is 7. The number of carbonyl (C=O) groups excluding carboxylic acids is 1. The fourth-order valence-electron chi connectivity index (χ4n) is 4.23. The van der Waals surface area contributed by atoms with Crippen LogP contribution in [0.3, 0.4) is 0 Å². The third-order valence-corrected chi connectivity index (χ3v) is 7.55. The lowest BCUT2D eigenvalue weighted by molar-refractivity contribution is 0.102. The fraction of sp³-hybridized carbons (Fsp3) is 0.179. The molecule has 0 atom stereocenters. The van der Waals surface area contributed by atoms with E-state index in [9.17, 15) is 13.2 Å². The van der Waals surface area contributed by atoms with Gasteiger partial charge in [0.05, 0.1) is 30.4 Å². The molecule has 5 rings (SSSR count). The number of hydrogen-bond donors (Lipinski definition) is 2. The van der Waals surface area contributed by atoms with Crippen molar-refractivity contribution < 1.29 is 22.7 Å². The number of nitrogens with zero attached hydrogens (tertiary/aromatic N) is 3. The van der Waals surface area contributed by atoms with Gasteiger partial charge in [-0.05, 0) is 55.0 Å². The Morgan fingerprint density at radius 3 is 2.51 bits per heavy atom. The Labute approximate surface area is 226 Å². The number of anilines is 1. The number of carbonyl (C=O) groups is 1. The quantitative estimate of drug-likeness (QED) is 0.341. The number of aliphatic imine (C=N–C) groups is 1. The average Bonchev–Trinajstić information content (AvgIpc) is 3.63. The maximum Gasteiger partial charge on any atom is 0.262 e. The standard InChI is InChI=1S/C28H27N5O5S/c1-37-21-13-14-25(38-2)23(17-21)27-24(18-33(31-27)20-9-4-3-5-10-20)28(34)30-19-8-6-11-22(16-19)39(35,36)32-26-12-7-15-29-26/h3-6,8-11,13-14,16-18H,7,12,15H2,1-2H3,(H,29,32)(H,30,34). The maximum atomic E-state index is 13.6. The normalized spacial score (nSPS) is 13.0. The fourth-order valence-corrected chi connectivity index (χ4v) is 5.36. The van der Waals surface area contributed by atoms with Gasteiger partial charge < -0.3 is 14.8 Å². The van der Waals surface area contributed by atoms with Crippen molar-refractivity contribution in [1.82, 2.24) is 14.5 Å². The number of benzene rings is 3. The molecule has 2 N–H and O–H groups in total. The van der Waals surface area contributed by atoms with E-state index >= 15 is 0 Å². The van der Waals surface area contributed by atoms with Crippen molar-refractivity contribution in [3.8, 4) is 28.4 Å². The lowest BCUT2D eigenvalue weighted by atomic mass is 10.1. The molecule has 0 unspecified atom stereocenters. The number of nitrogens with one attached hydrogen (secondary N) is 2. The van der Waals surface area contributed by atoms with Crippen LogP contribution in [0.25, 0.3) is 16.9 Å². The molecule has 1 aromatic heterocycles. The summed E-state index contributed by atoms with van der Waals surface area (Å²) in [5, 5.41) is 7.53. The first-order chi connectivity index (χ1) is 18.9. The molecular weight excluding hydrogens is 518 g/mol. The van der Waals surface area contributed by atoms with E-state index in [2.05, 4.69) is 15.0 Å². The van der Waals surface area contributed by atoms with Gasteiger partial charge in [-0.15, -0.1) is 0 Å². The van der Waals surface area contributed by atoms with Crippen LogP contribution in [0.5, 0.6) is 11.5 Å². The average molecular weight is 546 g/mol. The Kier molecular flexibility index (Phi) is 7.33. The van der Waals surface area contributed by atoms with Crippen molar-refractivity contribution >= 4 is 27.5 Å². The molecule has 0 spiro atoms. The molecule has 0 aliphatic carbocycles. The largest absolute Gasteiger partial charge is 0.497 e. The lowest BCUT2D eigenvalue weighted by Gasteiger charge is -2.11. The van der Waals surface area contributed by atoms with E-state index in [-0.39, 0.29) is 10.5 Å². The Bertz CT molecular complexity index is 1650. The van der Waals surface area contributed by atoms with Gasteiger partial charge in [0.2, 0.25) is 0 Å². The minimum absolute atomic E-state index is 0.0181. The van der Waals surface area contributed by atoms with Crippen LogP contribution in [0.4, 0.5) is 5.69 Å². The molecule has 200 valence electrons. The van der Waals surface area contributed by atoms with Gasteiger partial charge >= 0.3 is 0 Å². The Morgan fingerprint density at radius 2 is 1.79 bits per heavy atom. The first kappa shape index (κ1) is 26.0. The first-order valence-electron chi connectivity index (χ1n) is 12.2. The van der Waals surface area contributed by atoms with Crippen LogP contribution in [0.1, 0.15) is 23.2 Å². The first-order valence-corrected chi connectivity index (χ1v) is 13.7. The second-order valence-corrected chi connectivity index (χ2v) is 10.4. The van der Waals surface area contributed by atoms with Crippen molar-refractivity contribution in [2.45, 2.75) is 17.7 Å². The summed E-state index contributed by atoms with van der Waals surface area (Å²) in [7, 11) is -0.755. The second-order valence-electron chi connectivity index (χ2n) is 8.76. The van der Waals surface area contributed by atoms with Crippen LogP contribution in [0, 0.1) is 0 Å². The van der Waals surface area contributed by atoms with E-state index in [4.69, 9.17) is 14.6 Å². The zero-order valence-electron chi connectivity index (χ0n) is 21.4. The van der Waals surface area contributed by atoms with Crippen molar-refractivity contribution in [3.05, 3.63) is 84.6 Å². The molecule has 11 heteroatoms. The number of rotatable bonds is 8. The molecule has 1 amide bonds. The summed E-state index contributed by atoms with van der Waals surface area (Å²) >= 11 is 0. The molecule has 10 nitrogen and oxygen atoms in total. The molecule has 0 radical (unpaired) electrons. The number of para-hydroxylation sites is 1. The minimum Gasteiger partial charge on any atom is -0.497 e. The van der Waals surface area contributed by atoms with Crippen LogP contribution in [-0.4, -0.2) is 50.7 Å². The highest BCUT2D eigenvalue weighted by molar-refractivity contribution is 7.90. The molecule has 39 heavy (non-hydrogen) atoms. The molecule has 1 aliphatic heterocycles. The zero-order chi connectivity index (χ0) is 27.4. The van der Waals surface area contributed by atoms with E-state index in [1.54, 1.807) is 48.3 Å². The summed E-state index contributed by atoms with van der Waals surface area (Å²) in [5.74, 6) is 1.05. The number of aromatic nitrogens is 2. The highest BCUT2D eigenvalue weighted by Gasteiger charge is 2.23. The third kappa shape index (κ3) is 5.63. The van der Waals surface area contributed by atoms with Crippen LogP contribution >= 0.6 is 0 Å². The predicted octanol–water partition coefficient (Wildman–Crippen LogP) is 4.28. The van der Waals surface area contributed by atoms with Crippen LogP contribution in [-0.2, 0) is 10.0 Å². The number of methoxy groups -OCH3 is 2. The monoisotopic (exact) mass is 545 g/mol. The molecule has 1 aliphatic rings. The molecule has 3 aromatic carbocycles. The van der Waals surface area contributed by atoms with Crippen LogP contribution in [0.15, 0.2) is 88.9 Å². The predicted molar refractivity (Wildman–Crippen MR) is 148 cm³/mol. The van der Waals surface area contributed by atoms with E-state index < -0.39 is 15.9 Å². The number of amides is 1. The zero-order valence-corrected chi connectivity index (χ0v) is 22.2. The summed E-state index contributed by atoms with van der Waals surface area (Å²) in [6.07, 6.45) is 3.02. The summed E-state index contributed by atoms with van der Waals surface area (Å²) < 4.78 is 40.9. The van der Waals surface area contributed by atoms with E-state index in [0.717, 1.165) is 12.1 Å². The van der Waals surface area contributed by atoms with E-state index in [1.165, 1.54) is 19.2 Å². The smallest absolute Gasteiger partial charge is 0.262 e. The molecular formula is C28H27N5O5S. The van der Waals surface area contributed by atoms with Crippen molar-refractivity contribution in [2.24, 2.45) is 4.99 Å². The molecule has 0 bridgehead atoms. The van der Waals surface area contributed by atoms with Crippen molar-refractivity contribution in [3.63, 3.8) is 0 Å². The van der Waals surface area contributed by atoms with Gasteiger partial charge in [-0.25, -0.2) is 13.1 Å². The SMILES string of the molecule is COc1ccc(OC)c(-c2nn(-c3ccccc3)cc2C(=O)Nc2cccc(S(=O)(=O)NC3=NCCC3)c2)c1. The number of amidine groups is 1. The lowest BCUT2D eigenvalue weighted by Crippen LogP contribution is -2.29. The summed E-state index contributed by atoms with van der Waals surface area (Å²) in [4.78, 5) is 17.8. The Morgan fingerprint density at radius 1 is 0.974 bits per heavy atom. The van der Waals surface area contributed by atoms with E-state index in [1.807, 2.05) is 30.3 Å². The second kappa shape index (κ2) is 11.0. The van der Waals surface area contributed by atoms with Gasteiger partial charge in [-0.2, -0.15) is 5.10 Å². The maximum absolute atomic E-state index is 13.6. The Hall–Kier alpha value is -4.64. The van der Waals surface area contributed by atoms with E-state index in [0.29, 0.717) is 47.2 Å². The minimum atomic E-state index is -3.85. The van der Waals surface area contributed by atoms with Crippen LogP contribution in [0.2, 0.25) is 0 Å². The molecule has 0 saturated carbocycles. The van der Waals surface area contributed by atoms with Gasteiger partial charge in [-0.3, -0.25) is 14.5 Å². The topological polar surface area (TPSA) is 124 Å². The van der Waals surface area contributed by atoms with Crippen LogP contribution < -0.4 is 19.5 Å². The molecule has 0 saturated heterocycles. The number of sulfonamides is 1. The highest BCUT2D eigenvalue weighted by Crippen LogP contribution is 2.35. The van der Waals surface area contributed by atoms with Gasteiger partial charge in [0, 0.05) is 30.4 Å². The van der Waals surface area contributed by atoms with Gasteiger partial charge in [0.1, 0.15) is 23.0 Å². The van der Waals surface area contributed by atoms with Gasteiger partial charge in [-0.1, -0.05) is 24.3 Å². The molecule has 4 aromatic rings. The number of ether oxygens (including phenoxy) is 2. The third-order valence-electron chi connectivity index (χ3n) is 6.17. The molecule has 2 heterocycles. The summed E-state index contributed by atoms with van der Waals surface area (Å²) in [5.41, 5.74) is 2.27.